The van der Waals surface area contributed by atoms with Gasteiger partial charge in [-0.1, -0.05) is 0 Å². The van der Waals surface area contributed by atoms with Gasteiger partial charge in [0.2, 0.25) is 5.95 Å². The van der Waals surface area contributed by atoms with Crippen LogP contribution >= 0.6 is 0 Å². The lowest BCUT2D eigenvalue weighted by Crippen LogP contribution is -2.45. The molecule has 164 valence electrons. The van der Waals surface area contributed by atoms with Crippen LogP contribution in [0.15, 0.2) is 24.3 Å². The van der Waals surface area contributed by atoms with Crippen molar-refractivity contribution in [2.45, 2.75) is 25.1 Å². The largest absolute Gasteiger partial charge is 0.433 e. The lowest BCUT2D eigenvalue weighted by molar-refractivity contribution is -0.142. The molecule has 2 aliphatic rings. The molecule has 1 unspecified atom stereocenters. The molecule has 1 aromatic carbocycles. The number of alkyl halides is 3. The average Bonchev–Trinajstić information content (AvgIpc) is 3.21. The van der Waals surface area contributed by atoms with Gasteiger partial charge in [-0.2, -0.15) is 18.2 Å². The zero-order chi connectivity index (χ0) is 21.9. The molecule has 2 bridgehead atoms. The van der Waals surface area contributed by atoms with E-state index in [1.165, 1.54) is 0 Å². The van der Waals surface area contributed by atoms with Crippen LogP contribution in [0.25, 0.3) is 16.8 Å². The zero-order valence-corrected chi connectivity index (χ0v) is 16.0. The molecule has 5 rings (SSSR count). The van der Waals surface area contributed by atoms with Crippen LogP contribution in [0.2, 0.25) is 0 Å². The van der Waals surface area contributed by atoms with Crippen molar-refractivity contribution in [1.82, 2.24) is 19.9 Å². The third-order valence-electron chi connectivity index (χ3n) is 6.13. The number of rotatable bonds is 3. The van der Waals surface area contributed by atoms with Crippen molar-refractivity contribution in [3.05, 3.63) is 47.4 Å². The molecule has 1 aliphatic heterocycles. The van der Waals surface area contributed by atoms with E-state index in [-0.39, 0.29) is 23.2 Å². The number of fused-ring (bicyclic) bond motifs is 3. The number of pyridine rings is 1. The summed E-state index contributed by atoms with van der Waals surface area (Å²) in [5, 5.41) is 10.5. The first kappa shape index (κ1) is 20.1. The van der Waals surface area contributed by atoms with Crippen LogP contribution in [0.5, 0.6) is 0 Å². The van der Waals surface area contributed by atoms with Crippen molar-refractivity contribution in [1.29, 1.82) is 0 Å². The van der Waals surface area contributed by atoms with Crippen LogP contribution in [-0.4, -0.2) is 33.7 Å². The third kappa shape index (κ3) is 3.31. The summed E-state index contributed by atoms with van der Waals surface area (Å²) in [6.45, 7) is 1.58. The van der Waals surface area contributed by atoms with Gasteiger partial charge in [-0.15, -0.1) is 5.10 Å². The Morgan fingerprint density at radius 2 is 1.61 bits per heavy atom. The van der Waals surface area contributed by atoms with Crippen LogP contribution in [0.3, 0.4) is 0 Å². The maximum Gasteiger partial charge on any atom is 0.433 e. The Labute approximate surface area is 172 Å². The fourth-order valence-corrected chi connectivity index (χ4v) is 4.65. The second kappa shape index (κ2) is 7.11. The summed E-state index contributed by atoms with van der Waals surface area (Å²) >= 11 is 0. The quantitative estimate of drug-likeness (QED) is 0.472. The second-order valence-electron chi connectivity index (χ2n) is 7.95. The monoisotopic (exact) mass is 441 g/mol. The molecule has 1 saturated carbocycles. The van der Waals surface area contributed by atoms with E-state index in [9.17, 15) is 26.3 Å². The van der Waals surface area contributed by atoms with Crippen molar-refractivity contribution < 1.29 is 26.3 Å². The molecule has 11 heteroatoms. The number of anilines is 1. The highest BCUT2D eigenvalue weighted by Crippen LogP contribution is 2.37. The molecule has 2 fully saturated rings. The Kier molecular flexibility index (Phi) is 4.61. The number of hydrogen-bond donors (Lipinski definition) is 2. The van der Waals surface area contributed by atoms with E-state index in [4.69, 9.17) is 0 Å². The summed E-state index contributed by atoms with van der Waals surface area (Å²) in [6.07, 6.45) is -2.77. The molecule has 0 spiro atoms. The molecule has 0 amide bonds. The van der Waals surface area contributed by atoms with Gasteiger partial charge in [-0.3, -0.25) is 0 Å². The Bertz CT molecular complexity index is 1140. The van der Waals surface area contributed by atoms with Gasteiger partial charge in [-0.05, 0) is 62.0 Å². The number of hydrogen-bond acceptors (Lipinski definition) is 4. The second-order valence-corrected chi connectivity index (χ2v) is 7.95. The number of nitrogens with zero attached hydrogens (tertiary/aromatic N) is 3. The standard InChI is InChI=1S/C20H17F6N5/c21-13-5-3-11(15(22)16(13)23)12-4-6-14(20(24,25)26)31-18(12)29-19(30-31)28-17-9-1-2-10(17)8-27-7-9/h3-6,9-10,17,27H,1-2,7-8H2,(H,28,30)/t9-,10+,17?. The average molecular weight is 441 g/mol. The lowest BCUT2D eigenvalue weighted by Gasteiger charge is -2.30. The number of aromatic nitrogens is 3. The highest BCUT2D eigenvalue weighted by molar-refractivity contribution is 5.79. The Morgan fingerprint density at radius 1 is 0.935 bits per heavy atom. The van der Waals surface area contributed by atoms with Crippen molar-refractivity contribution >= 4 is 11.6 Å². The molecule has 31 heavy (non-hydrogen) atoms. The van der Waals surface area contributed by atoms with Crippen LogP contribution in [0.1, 0.15) is 18.5 Å². The molecule has 5 nitrogen and oxygen atoms in total. The van der Waals surface area contributed by atoms with E-state index < -0.39 is 34.9 Å². The summed E-state index contributed by atoms with van der Waals surface area (Å²) in [4.78, 5) is 4.18. The molecule has 3 heterocycles. The molecule has 1 saturated heterocycles. The predicted molar refractivity (Wildman–Crippen MR) is 99.8 cm³/mol. The molecule has 3 atom stereocenters. The minimum atomic E-state index is -4.75. The SMILES string of the molecule is Fc1ccc(-c2ccc(C(F)(F)F)n3nc(NC4[C@@H]5CC[C@H]4CNC5)nc23)c(F)c1F. The minimum Gasteiger partial charge on any atom is -0.350 e. The van der Waals surface area contributed by atoms with Crippen molar-refractivity contribution in [2.75, 3.05) is 18.4 Å². The van der Waals surface area contributed by atoms with Crippen molar-refractivity contribution in [2.24, 2.45) is 11.8 Å². The Morgan fingerprint density at radius 3 is 2.29 bits per heavy atom. The fourth-order valence-electron chi connectivity index (χ4n) is 4.65. The molecule has 2 aromatic heterocycles. The molecule has 3 aromatic rings. The van der Waals surface area contributed by atoms with E-state index >= 15 is 0 Å². The van der Waals surface area contributed by atoms with E-state index in [0.717, 1.165) is 44.1 Å². The topological polar surface area (TPSA) is 54.2 Å². The zero-order valence-electron chi connectivity index (χ0n) is 16.0. The first-order valence-corrected chi connectivity index (χ1v) is 9.82. The highest BCUT2D eigenvalue weighted by Gasteiger charge is 2.40. The normalized spacial score (nSPS) is 23.5. The molecular formula is C20H17F6N5. The fraction of sp³-hybridized carbons (Fsp3) is 0.400. The third-order valence-corrected chi connectivity index (χ3v) is 6.13. The summed E-state index contributed by atoms with van der Waals surface area (Å²) in [5.41, 5.74) is -1.94. The van der Waals surface area contributed by atoms with Crippen LogP contribution in [0, 0.1) is 29.3 Å². The van der Waals surface area contributed by atoms with E-state index in [1.54, 1.807) is 0 Å². The molecule has 1 aliphatic carbocycles. The molecular weight excluding hydrogens is 424 g/mol. The van der Waals surface area contributed by atoms with Gasteiger partial charge < -0.3 is 10.6 Å². The summed E-state index contributed by atoms with van der Waals surface area (Å²) < 4.78 is 82.7. The van der Waals surface area contributed by atoms with Crippen LogP contribution in [0.4, 0.5) is 32.3 Å². The molecule has 2 N–H and O–H groups in total. The first-order chi connectivity index (χ1) is 14.7. The molecule has 0 radical (unpaired) electrons. The summed E-state index contributed by atoms with van der Waals surface area (Å²) in [6, 6.07) is 3.39. The maximum atomic E-state index is 14.4. The maximum absolute atomic E-state index is 14.4. The van der Waals surface area contributed by atoms with Gasteiger partial charge in [0.15, 0.2) is 23.1 Å². The minimum absolute atomic E-state index is 0.0106. The van der Waals surface area contributed by atoms with Gasteiger partial charge in [0, 0.05) is 17.2 Å². The van der Waals surface area contributed by atoms with E-state index in [2.05, 4.69) is 20.7 Å². The number of nitrogens with one attached hydrogen (secondary N) is 2. The smallest absolute Gasteiger partial charge is 0.350 e. The first-order valence-electron chi connectivity index (χ1n) is 9.82. The van der Waals surface area contributed by atoms with Crippen molar-refractivity contribution in [3.8, 4) is 11.1 Å². The van der Waals surface area contributed by atoms with Gasteiger partial charge in [0.1, 0.15) is 5.69 Å². The van der Waals surface area contributed by atoms with Gasteiger partial charge in [0.25, 0.3) is 0 Å². The van der Waals surface area contributed by atoms with Gasteiger partial charge >= 0.3 is 6.18 Å². The van der Waals surface area contributed by atoms with E-state index in [1.807, 2.05) is 0 Å². The number of piperidine rings is 1. The van der Waals surface area contributed by atoms with Gasteiger partial charge in [0.05, 0.1) is 0 Å². The predicted octanol–water partition coefficient (Wildman–Crippen LogP) is 4.24. The number of halogens is 6. The Balaban J connectivity index is 1.64. The van der Waals surface area contributed by atoms with Gasteiger partial charge in [-0.25, -0.2) is 17.7 Å². The lowest BCUT2D eigenvalue weighted by atomic mass is 9.94. The summed E-state index contributed by atoms with van der Waals surface area (Å²) in [5.74, 6) is -4.03. The van der Waals surface area contributed by atoms with Crippen molar-refractivity contribution in [3.63, 3.8) is 0 Å². The summed E-state index contributed by atoms with van der Waals surface area (Å²) in [7, 11) is 0. The van der Waals surface area contributed by atoms with E-state index in [0.29, 0.717) is 22.4 Å². The number of benzene rings is 1. The Hall–Kier alpha value is -2.82. The highest BCUT2D eigenvalue weighted by atomic mass is 19.4. The van der Waals surface area contributed by atoms with Crippen LogP contribution in [-0.2, 0) is 6.18 Å². The van der Waals surface area contributed by atoms with Crippen LogP contribution < -0.4 is 10.6 Å².